The number of aromatic nitrogens is 2. The molecule has 0 bridgehead atoms. The molecule has 0 atom stereocenters. The van der Waals surface area contributed by atoms with Crippen molar-refractivity contribution in [1.82, 2.24) is 9.97 Å². The van der Waals surface area contributed by atoms with Gasteiger partial charge in [0.25, 0.3) is 5.22 Å². The van der Waals surface area contributed by atoms with E-state index in [1.807, 2.05) is 18.2 Å². The molecule has 0 saturated carbocycles. The molecule has 21 heavy (non-hydrogen) atoms. The van der Waals surface area contributed by atoms with Crippen LogP contribution in [0.25, 0.3) is 11.1 Å². The predicted molar refractivity (Wildman–Crippen MR) is 88.8 cm³/mol. The van der Waals surface area contributed by atoms with Crippen LogP contribution >= 0.6 is 23.1 Å². The number of thiazole rings is 1. The van der Waals surface area contributed by atoms with E-state index >= 15 is 0 Å². The van der Waals surface area contributed by atoms with Crippen LogP contribution in [0.2, 0.25) is 0 Å². The van der Waals surface area contributed by atoms with Gasteiger partial charge in [-0.1, -0.05) is 32.5 Å². The van der Waals surface area contributed by atoms with Crippen molar-refractivity contribution in [1.29, 1.82) is 0 Å². The van der Waals surface area contributed by atoms with Gasteiger partial charge in [-0.2, -0.15) is 0 Å². The minimum Gasteiger partial charge on any atom is -0.431 e. The average Bonchev–Trinajstić information content (AvgIpc) is 3.01. The predicted octanol–water partition coefficient (Wildman–Crippen LogP) is 4.46. The lowest BCUT2D eigenvalue weighted by molar-refractivity contribution is 0.489. The van der Waals surface area contributed by atoms with E-state index in [1.165, 1.54) is 0 Å². The van der Waals surface area contributed by atoms with E-state index in [4.69, 9.17) is 10.2 Å². The quantitative estimate of drug-likeness (QED) is 0.570. The van der Waals surface area contributed by atoms with Crippen molar-refractivity contribution in [3.05, 3.63) is 34.3 Å². The molecule has 0 amide bonds. The number of nitrogen functional groups attached to an aromatic ring is 1. The van der Waals surface area contributed by atoms with Gasteiger partial charge in [0.05, 0.1) is 11.4 Å². The fraction of sp³-hybridized carbons (Fsp3) is 0.333. The minimum absolute atomic E-state index is 0.0918. The number of hydrogen-bond donors (Lipinski definition) is 1. The summed E-state index contributed by atoms with van der Waals surface area (Å²) in [6.07, 6.45) is 0. The summed E-state index contributed by atoms with van der Waals surface area (Å²) in [6, 6.07) is 5.49. The first-order valence-corrected chi connectivity index (χ1v) is 8.52. The van der Waals surface area contributed by atoms with Gasteiger partial charge in [-0.25, -0.2) is 9.97 Å². The molecule has 2 aromatic heterocycles. The van der Waals surface area contributed by atoms with E-state index < -0.39 is 0 Å². The highest BCUT2D eigenvalue weighted by molar-refractivity contribution is 7.98. The van der Waals surface area contributed by atoms with E-state index in [9.17, 15) is 0 Å². The Bertz CT molecular complexity index is 771. The molecule has 6 heteroatoms. The third kappa shape index (κ3) is 3.22. The van der Waals surface area contributed by atoms with Crippen LogP contribution in [-0.2, 0) is 11.2 Å². The van der Waals surface area contributed by atoms with Gasteiger partial charge in [0, 0.05) is 16.5 Å². The van der Waals surface area contributed by atoms with Crippen molar-refractivity contribution >= 4 is 39.9 Å². The lowest BCUT2D eigenvalue weighted by atomic mass is 9.93. The Kier molecular flexibility index (Phi) is 3.67. The first-order valence-electron chi connectivity index (χ1n) is 6.65. The summed E-state index contributed by atoms with van der Waals surface area (Å²) < 4.78 is 5.69. The Morgan fingerprint density at radius 2 is 2.10 bits per heavy atom. The van der Waals surface area contributed by atoms with Crippen molar-refractivity contribution in [2.24, 2.45) is 0 Å². The zero-order valence-corrected chi connectivity index (χ0v) is 13.8. The largest absolute Gasteiger partial charge is 0.431 e. The highest BCUT2D eigenvalue weighted by Crippen LogP contribution is 2.30. The molecular weight excluding hydrogens is 302 g/mol. The number of fused-ring (bicyclic) bond motifs is 1. The van der Waals surface area contributed by atoms with E-state index in [2.05, 4.69) is 36.1 Å². The minimum atomic E-state index is 0.0918. The first kappa shape index (κ1) is 14.4. The van der Waals surface area contributed by atoms with Crippen LogP contribution in [0.1, 0.15) is 31.5 Å². The Balaban J connectivity index is 1.73. The molecule has 2 heterocycles. The van der Waals surface area contributed by atoms with Gasteiger partial charge in [0.2, 0.25) is 0 Å². The molecule has 3 rings (SSSR count). The number of oxazole rings is 1. The molecule has 0 unspecified atom stereocenters. The molecule has 110 valence electrons. The van der Waals surface area contributed by atoms with Crippen LogP contribution in [0.3, 0.4) is 0 Å². The maximum atomic E-state index is 5.74. The van der Waals surface area contributed by atoms with Gasteiger partial charge >= 0.3 is 0 Å². The smallest absolute Gasteiger partial charge is 0.257 e. The lowest BCUT2D eigenvalue weighted by Crippen LogP contribution is -2.11. The molecule has 3 aromatic rings. The number of hydrogen-bond acceptors (Lipinski definition) is 6. The van der Waals surface area contributed by atoms with Crippen LogP contribution in [0, 0.1) is 0 Å². The third-order valence-electron chi connectivity index (χ3n) is 3.03. The van der Waals surface area contributed by atoms with Gasteiger partial charge < -0.3 is 10.2 Å². The second kappa shape index (κ2) is 5.35. The number of nitrogens with zero attached hydrogens (tertiary/aromatic N) is 2. The number of benzene rings is 1. The maximum absolute atomic E-state index is 5.74. The second-order valence-electron chi connectivity index (χ2n) is 5.87. The van der Waals surface area contributed by atoms with Crippen LogP contribution in [-0.4, -0.2) is 9.97 Å². The van der Waals surface area contributed by atoms with Crippen molar-refractivity contribution < 1.29 is 4.42 Å². The topological polar surface area (TPSA) is 64.9 Å². The zero-order valence-electron chi connectivity index (χ0n) is 12.2. The normalized spacial score (nSPS) is 12.1. The SMILES string of the molecule is CC(C)(C)c1csc(CSc2nc3cc(N)ccc3o2)n1. The molecule has 2 N–H and O–H groups in total. The highest BCUT2D eigenvalue weighted by Gasteiger charge is 2.17. The standard InChI is InChI=1S/C15H17N3OS2/c1-15(2,3)12-7-20-13(18-12)8-21-14-17-10-6-9(16)4-5-11(10)19-14/h4-7H,8,16H2,1-3H3. The van der Waals surface area contributed by atoms with E-state index in [0.717, 1.165) is 27.6 Å². The monoisotopic (exact) mass is 319 g/mol. The van der Waals surface area contributed by atoms with Crippen molar-refractivity contribution in [2.45, 2.75) is 37.2 Å². The lowest BCUT2D eigenvalue weighted by Gasteiger charge is -2.14. The van der Waals surface area contributed by atoms with E-state index in [-0.39, 0.29) is 5.41 Å². The molecule has 0 radical (unpaired) electrons. The molecule has 4 nitrogen and oxygen atoms in total. The Morgan fingerprint density at radius 1 is 1.29 bits per heavy atom. The Labute approximate surface area is 131 Å². The molecule has 0 spiro atoms. The molecule has 1 aromatic carbocycles. The summed E-state index contributed by atoms with van der Waals surface area (Å²) in [5.74, 6) is 0.767. The van der Waals surface area contributed by atoms with Crippen molar-refractivity contribution in [3.8, 4) is 0 Å². The van der Waals surface area contributed by atoms with Gasteiger partial charge in [0.15, 0.2) is 5.58 Å². The van der Waals surface area contributed by atoms with Crippen molar-refractivity contribution in [3.63, 3.8) is 0 Å². The number of nitrogens with two attached hydrogens (primary N) is 1. The zero-order chi connectivity index (χ0) is 15.0. The number of rotatable bonds is 3. The fourth-order valence-electron chi connectivity index (χ4n) is 1.83. The van der Waals surface area contributed by atoms with Gasteiger partial charge in [0.1, 0.15) is 10.5 Å². The summed E-state index contributed by atoms with van der Waals surface area (Å²) in [5.41, 5.74) is 9.23. The molecule has 0 aliphatic carbocycles. The summed E-state index contributed by atoms with van der Waals surface area (Å²) in [5, 5.41) is 3.87. The Hall–Kier alpha value is -1.53. The van der Waals surface area contributed by atoms with Crippen LogP contribution < -0.4 is 5.73 Å². The van der Waals surface area contributed by atoms with Crippen LogP contribution in [0.4, 0.5) is 5.69 Å². The molecule has 0 saturated heterocycles. The maximum Gasteiger partial charge on any atom is 0.257 e. The molecule has 0 aliphatic rings. The number of anilines is 1. The van der Waals surface area contributed by atoms with Gasteiger partial charge in [-0.3, -0.25) is 0 Å². The van der Waals surface area contributed by atoms with Crippen LogP contribution in [0.15, 0.2) is 33.2 Å². The van der Waals surface area contributed by atoms with Crippen LogP contribution in [0.5, 0.6) is 0 Å². The average molecular weight is 319 g/mol. The summed E-state index contributed by atoms with van der Waals surface area (Å²) >= 11 is 3.24. The first-order chi connectivity index (χ1) is 9.91. The van der Waals surface area contributed by atoms with E-state index in [0.29, 0.717) is 10.9 Å². The third-order valence-corrected chi connectivity index (χ3v) is 4.90. The van der Waals surface area contributed by atoms with Gasteiger partial charge in [-0.15, -0.1) is 11.3 Å². The molecule has 0 aliphatic heterocycles. The second-order valence-corrected chi connectivity index (χ2v) is 7.74. The fourth-order valence-corrected chi connectivity index (χ4v) is 3.71. The highest BCUT2D eigenvalue weighted by atomic mass is 32.2. The summed E-state index contributed by atoms with van der Waals surface area (Å²) in [7, 11) is 0. The van der Waals surface area contributed by atoms with Gasteiger partial charge in [-0.05, 0) is 18.2 Å². The summed E-state index contributed by atoms with van der Waals surface area (Å²) in [4.78, 5) is 9.11. The Morgan fingerprint density at radius 3 is 2.81 bits per heavy atom. The molecule has 0 fully saturated rings. The van der Waals surface area contributed by atoms with E-state index in [1.54, 1.807) is 23.1 Å². The van der Waals surface area contributed by atoms with Crippen molar-refractivity contribution in [2.75, 3.05) is 5.73 Å². The summed E-state index contributed by atoms with van der Waals surface area (Å²) in [6.45, 7) is 6.51. The number of thioether (sulfide) groups is 1. The molecular formula is C15H17N3OS2.